The second kappa shape index (κ2) is 7.81. The second-order valence-corrected chi connectivity index (χ2v) is 9.87. The van der Waals surface area contributed by atoms with E-state index in [-0.39, 0.29) is 16.8 Å². The lowest BCUT2D eigenvalue weighted by Gasteiger charge is -2.32. The zero-order valence-electron chi connectivity index (χ0n) is 17.0. The number of halogens is 8. The second-order valence-electron chi connectivity index (χ2n) is 7.63. The summed E-state index contributed by atoms with van der Waals surface area (Å²) in [6, 6.07) is 1.17. The topological polar surface area (TPSA) is 78.9 Å². The van der Waals surface area contributed by atoms with Crippen LogP contribution in [-0.4, -0.2) is 41.7 Å². The number of nitrogens with zero attached hydrogens (tertiary/aromatic N) is 3. The average molecular weight is 507 g/mol. The van der Waals surface area contributed by atoms with Gasteiger partial charge < -0.3 is 9.77 Å². The molecule has 1 aliphatic carbocycles. The van der Waals surface area contributed by atoms with Crippen LogP contribution in [-0.2, 0) is 16.9 Å². The molecule has 2 aromatic heterocycles. The molecule has 0 aromatic carbocycles. The molecule has 1 atom stereocenters. The van der Waals surface area contributed by atoms with E-state index in [0.29, 0.717) is 23.0 Å². The normalized spacial score (nSPS) is 16.8. The van der Waals surface area contributed by atoms with Gasteiger partial charge in [-0.3, -0.25) is 0 Å². The van der Waals surface area contributed by atoms with E-state index in [4.69, 9.17) is 0 Å². The maximum absolute atomic E-state index is 14.6. The Labute approximate surface area is 182 Å². The number of sulfone groups is 1. The zero-order valence-corrected chi connectivity index (χ0v) is 17.8. The molecule has 0 amide bonds. The Morgan fingerprint density at radius 3 is 2.18 bits per heavy atom. The zero-order chi connectivity index (χ0) is 25.1. The van der Waals surface area contributed by atoms with Crippen molar-refractivity contribution in [1.29, 1.82) is 0 Å². The van der Waals surface area contributed by atoms with Crippen LogP contribution in [0, 0.1) is 5.21 Å². The molecule has 184 valence electrons. The van der Waals surface area contributed by atoms with E-state index >= 15 is 0 Å². The van der Waals surface area contributed by atoms with Gasteiger partial charge in [0.2, 0.25) is 5.82 Å². The molecule has 15 heteroatoms. The van der Waals surface area contributed by atoms with Gasteiger partial charge in [0.25, 0.3) is 5.69 Å². The van der Waals surface area contributed by atoms with Crippen molar-refractivity contribution in [2.45, 2.75) is 54.8 Å². The van der Waals surface area contributed by atoms with Crippen molar-refractivity contribution in [2.75, 3.05) is 5.75 Å². The maximum Gasteiger partial charge on any atom is 0.434 e. The molecule has 3 rings (SSSR count). The molecular formula is C18H17F8N3O3S. The lowest BCUT2D eigenvalue weighted by atomic mass is 9.96. The molecule has 6 nitrogen and oxygen atoms in total. The van der Waals surface area contributed by atoms with Crippen LogP contribution in [0.4, 0.5) is 35.1 Å². The number of imidazole rings is 1. The Morgan fingerprint density at radius 1 is 1.18 bits per heavy atom. The molecule has 33 heavy (non-hydrogen) atoms. The van der Waals surface area contributed by atoms with E-state index in [1.54, 1.807) is 0 Å². The van der Waals surface area contributed by atoms with Gasteiger partial charge in [0, 0.05) is 12.6 Å². The molecule has 0 N–H and O–H groups in total. The van der Waals surface area contributed by atoms with Crippen LogP contribution in [0.2, 0.25) is 0 Å². The van der Waals surface area contributed by atoms with Crippen molar-refractivity contribution in [2.24, 2.45) is 7.05 Å². The highest BCUT2D eigenvalue weighted by atomic mass is 32.2. The Hall–Kier alpha value is -2.45. The molecule has 1 fully saturated rings. The Kier molecular flexibility index (Phi) is 5.96. The van der Waals surface area contributed by atoms with Crippen LogP contribution in [0.15, 0.2) is 23.4 Å². The lowest BCUT2D eigenvalue weighted by molar-refractivity contribution is -0.596. The van der Waals surface area contributed by atoms with Gasteiger partial charge in [-0.05, 0) is 24.8 Å². The van der Waals surface area contributed by atoms with E-state index in [9.17, 15) is 48.7 Å². The number of pyridine rings is 1. The summed E-state index contributed by atoms with van der Waals surface area (Å²) in [5.41, 5.74) is -8.12. The van der Waals surface area contributed by atoms with E-state index < -0.39 is 61.9 Å². The van der Waals surface area contributed by atoms with Gasteiger partial charge in [-0.15, -0.1) is 0 Å². The van der Waals surface area contributed by atoms with Gasteiger partial charge >= 0.3 is 18.0 Å². The minimum Gasteiger partial charge on any atom is -0.618 e. The highest BCUT2D eigenvalue weighted by Gasteiger charge is 2.77. The smallest absolute Gasteiger partial charge is 0.434 e. The van der Waals surface area contributed by atoms with Crippen LogP contribution in [0.3, 0.4) is 0 Å². The summed E-state index contributed by atoms with van der Waals surface area (Å²) in [4.78, 5) is 2.91. The van der Waals surface area contributed by atoms with E-state index in [2.05, 4.69) is 4.98 Å². The van der Waals surface area contributed by atoms with Crippen LogP contribution in [0.1, 0.15) is 43.1 Å². The number of rotatable bonds is 6. The van der Waals surface area contributed by atoms with Crippen LogP contribution >= 0.6 is 0 Å². The standard InChI is InChI=1S/C18H17F8N3O3S/c1-3-33(31,32)12-6-10(9-4-5-9)8-29(30)13(12)15-27-7-11(28(15)2)14(19)16(20,17(21,22)23)18(24,25)26/h6-9,14H,3-5H2,1-2H3. The summed E-state index contributed by atoms with van der Waals surface area (Å²) in [6.07, 6.45) is -15.1. The molecule has 1 saturated carbocycles. The van der Waals surface area contributed by atoms with Crippen LogP contribution in [0.5, 0.6) is 0 Å². The van der Waals surface area contributed by atoms with Crippen LogP contribution in [0.25, 0.3) is 11.5 Å². The molecule has 2 heterocycles. The molecule has 0 aliphatic heterocycles. The van der Waals surface area contributed by atoms with Crippen molar-refractivity contribution >= 4 is 9.84 Å². The minimum atomic E-state index is -6.67. The third-order valence-corrected chi connectivity index (χ3v) is 7.19. The predicted molar refractivity (Wildman–Crippen MR) is 97.1 cm³/mol. The van der Waals surface area contributed by atoms with Crippen molar-refractivity contribution in [1.82, 2.24) is 9.55 Å². The van der Waals surface area contributed by atoms with Gasteiger partial charge in [-0.1, -0.05) is 6.92 Å². The molecular weight excluding hydrogens is 490 g/mol. The Morgan fingerprint density at radius 2 is 1.73 bits per heavy atom. The first-order valence-corrected chi connectivity index (χ1v) is 11.1. The Balaban J connectivity index is 2.22. The van der Waals surface area contributed by atoms with E-state index in [1.165, 1.54) is 13.0 Å². The molecule has 1 aliphatic rings. The number of alkyl halides is 8. The summed E-state index contributed by atoms with van der Waals surface area (Å²) in [5.74, 6) is -1.32. The first kappa shape index (κ1) is 25.2. The van der Waals surface area contributed by atoms with E-state index in [1.807, 2.05) is 0 Å². The minimum absolute atomic E-state index is 0.0613. The molecule has 1 unspecified atom stereocenters. The lowest BCUT2D eigenvalue weighted by Crippen LogP contribution is -2.56. The fraction of sp³-hybridized carbons (Fsp3) is 0.556. The van der Waals surface area contributed by atoms with Gasteiger partial charge in [-0.2, -0.15) is 31.1 Å². The highest BCUT2D eigenvalue weighted by Crippen LogP contribution is 2.54. The summed E-state index contributed by atoms with van der Waals surface area (Å²) < 4.78 is 132. The third-order valence-electron chi connectivity index (χ3n) is 5.45. The van der Waals surface area contributed by atoms with Crippen molar-refractivity contribution in [3.05, 3.63) is 34.9 Å². The van der Waals surface area contributed by atoms with Gasteiger partial charge in [0.1, 0.15) is 4.90 Å². The van der Waals surface area contributed by atoms with Gasteiger partial charge in [0.15, 0.2) is 22.2 Å². The fourth-order valence-corrected chi connectivity index (χ4v) is 4.44. The van der Waals surface area contributed by atoms with Gasteiger partial charge in [0.05, 0.1) is 17.6 Å². The van der Waals surface area contributed by atoms with Crippen LogP contribution < -0.4 is 4.73 Å². The molecule has 0 spiro atoms. The molecule has 2 aromatic rings. The molecule has 0 radical (unpaired) electrons. The van der Waals surface area contributed by atoms with Crippen molar-refractivity contribution in [3.8, 4) is 11.5 Å². The number of hydrogen-bond donors (Lipinski definition) is 0. The summed E-state index contributed by atoms with van der Waals surface area (Å²) in [5, 5.41) is 12.7. The SMILES string of the molecule is CCS(=O)(=O)c1cc(C2CC2)c[n+]([O-])c1-c1ncc(C(F)C(F)(C(F)(F)F)C(F)(F)F)n1C. The maximum atomic E-state index is 14.6. The quantitative estimate of drug-likeness (QED) is 0.333. The van der Waals surface area contributed by atoms with Gasteiger partial charge in [-0.25, -0.2) is 22.2 Å². The summed E-state index contributed by atoms with van der Waals surface area (Å²) in [7, 11) is -3.39. The third kappa shape index (κ3) is 4.04. The van der Waals surface area contributed by atoms with Crippen molar-refractivity contribution < 1.29 is 48.3 Å². The predicted octanol–water partition coefficient (Wildman–Crippen LogP) is 4.24. The Bertz CT molecular complexity index is 1160. The highest BCUT2D eigenvalue weighted by molar-refractivity contribution is 7.91. The number of aromatic nitrogens is 3. The first-order chi connectivity index (χ1) is 15.0. The first-order valence-electron chi connectivity index (χ1n) is 9.45. The fourth-order valence-electron chi connectivity index (χ4n) is 3.34. The van der Waals surface area contributed by atoms with E-state index in [0.717, 1.165) is 13.2 Å². The average Bonchev–Trinajstić information content (AvgIpc) is 3.47. The summed E-state index contributed by atoms with van der Waals surface area (Å²) >= 11 is 0. The number of hydrogen-bond acceptors (Lipinski definition) is 4. The molecule has 0 bridgehead atoms. The van der Waals surface area contributed by atoms with Crippen molar-refractivity contribution in [3.63, 3.8) is 0 Å². The molecule has 0 saturated heterocycles. The summed E-state index contributed by atoms with van der Waals surface area (Å²) in [6.45, 7) is 1.25. The monoisotopic (exact) mass is 507 g/mol. The largest absolute Gasteiger partial charge is 0.618 e.